The SMILES string of the molecule is CC(C)(O)Cc1cccc2sc3ccccc3c(=O)c12. The molecule has 3 rings (SSSR count). The minimum Gasteiger partial charge on any atom is -0.390 e. The van der Waals surface area contributed by atoms with Crippen molar-refractivity contribution in [1.82, 2.24) is 0 Å². The average molecular weight is 284 g/mol. The summed E-state index contributed by atoms with van der Waals surface area (Å²) in [5.41, 5.74) is 0.160. The topological polar surface area (TPSA) is 37.3 Å². The zero-order chi connectivity index (χ0) is 14.3. The second kappa shape index (κ2) is 4.69. The summed E-state index contributed by atoms with van der Waals surface area (Å²) in [6, 6.07) is 13.5. The summed E-state index contributed by atoms with van der Waals surface area (Å²) in [6.45, 7) is 3.53. The van der Waals surface area contributed by atoms with Crippen LogP contribution in [0, 0.1) is 0 Å². The van der Waals surface area contributed by atoms with E-state index < -0.39 is 5.60 Å². The summed E-state index contributed by atoms with van der Waals surface area (Å²) in [7, 11) is 0. The van der Waals surface area contributed by atoms with Gasteiger partial charge in [0, 0.05) is 26.6 Å². The Kier molecular flexibility index (Phi) is 3.11. The van der Waals surface area contributed by atoms with Crippen molar-refractivity contribution in [3.63, 3.8) is 0 Å². The number of benzene rings is 2. The van der Waals surface area contributed by atoms with E-state index in [4.69, 9.17) is 0 Å². The van der Waals surface area contributed by atoms with Crippen LogP contribution in [0.3, 0.4) is 0 Å². The van der Waals surface area contributed by atoms with Crippen LogP contribution in [0.25, 0.3) is 20.2 Å². The fraction of sp³-hybridized carbons (Fsp3) is 0.235. The van der Waals surface area contributed by atoms with Gasteiger partial charge in [-0.1, -0.05) is 24.3 Å². The van der Waals surface area contributed by atoms with E-state index in [0.29, 0.717) is 6.42 Å². The van der Waals surface area contributed by atoms with Crippen molar-refractivity contribution in [1.29, 1.82) is 0 Å². The molecule has 2 aromatic carbocycles. The molecule has 0 amide bonds. The maximum absolute atomic E-state index is 12.7. The first kappa shape index (κ1) is 13.3. The lowest BCUT2D eigenvalue weighted by molar-refractivity contribution is 0.0813. The molecule has 1 aromatic heterocycles. The van der Waals surface area contributed by atoms with E-state index in [2.05, 4.69) is 0 Å². The fourth-order valence-electron chi connectivity index (χ4n) is 2.53. The zero-order valence-corrected chi connectivity index (χ0v) is 12.3. The van der Waals surface area contributed by atoms with Crippen LogP contribution in [0.15, 0.2) is 47.3 Å². The third-order valence-corrected chi connectivity index (χ3v) is 4.45. The van der Waals surface area contributed by atoms with Gasteiger partial charge in [0.05, 0.1) is 5.60 Å². The first-order chi connectivity index (χ1) is 9.46. The van der Waals surface area contributed by atoms with Crippen LogP contribution in [-0.2, 0) is 6.42 Å². The highest BCUT2D eigenvalue weighted by Gasteiger charge is 2.17. The van der Waals surface area contributed by atoms with Gasteiger partial charge in [0.15, 0.2) is 5.43 Å². The van der Waals surface area contributed by atoms with Gasteiger partial charge in [-0.05, 0) is 37.6 Å². The lowest BCUT2D eigenvalue weighted by Crippen LogP contribution is -2.22. The fourth-order valence-corrected chi connectivity index (χ4v) is 3.66. The number of rotatable bonds is 2. The molecule has 3 heteroatoms. The molecule has 0 saturated heterocycles. The zero-order valence-electron chi connectivity index (χ0n) is 11.5. The second-order valence-electron chi connectivity index (χ2n) is 5.71. The van der Waals surface area contributed by atoms with Gasteiger partial charge < -0.3 is 5.11 Å². The minimum absolute atomic E-state index is 0.0641. The molecular formula is C17H16O2S. The van der Waals surface area contributed by atoms with Crippen LogP contribution in [0.2, 0.25) is 0 Å². The molecule has 0 atom stereocenters. The van der Waals surface area contributed by atoms with Crippen molar-refractivity contribution in [2.45, 2.75) is 25.9 Å². The Morgan fingerprint density at radius 3 is 2.50 bits per heavy atom. The van der Waals surface area contributed by atoms with Gasteiger partial charge in [-0.25, -0.2) is 0 Å². The molecular weight excluding hydrogens is 268 g/mol. The normalized spacial score (nSPS) is 12.2. The third kappa shape index (κ3) is 2.35. The van der Waals surface area contributed by atoms with Gasteiger partial charge in [-0.3, -0.25) is 4.79 Å². The second-order valence-corrected chi connectivity index (χ2v) is 6.79. The Bertz CT molecular complexity index is 841. The van der Waals surface area contributed by atoms with Crippen LogP contribution in [0.4, 0.5) is 0 Å². The summed E-state index contributed by atoms with van der Waals surface area (Å²) in [5, 5.41) is 11.5. The van der Waals surface area contributed by atoms with Crippen molar-refractivity contribution in [3.8, 4) is 0 Å². The summed E-state index contributed by atoms with van der Waals surface area (Å²) in [6.07, 6.45) is 0.477. The van der Waals surface area contributed by atoms with Crippen LogP contribution in [-0.4, -0.2) is 10.7 Å². The molecule has 0 unspecified atom stereocenters. The molecule has 0 bridgehead atoms. The largest absolute Gasteiger partial charge is 0.390 e. The van der Waals surface area contributed by atoms with Crippen LogP contribution in [0.5, 0.6) is 0 Å². The standard InChI is InChI=1S/C17H16O2S/c1-17(2,19)10-11-6-5-9-14-15(11)16(18)12-7-3-4-8-13(12)20-14/h3-9,19H,10H2,1-2H3. The molecule has 3 aromatic rings. The molecule has 0 aliphatic carbocycles. The Morgan fingerprint density at radius 2 is 1.75 bits per heavy atom. The molecule has 1 N–H and O–H groups in total. The number of hydrogen-bond donors (Lipinski definition) is 1. The maximum Gasteiger partial charge on any atom is 0.196 e. The van der Waals surface area contributed by atoms with Crippen molar-refractivity contribution >= 4 is 31.5 Å². The van der Waals surface area contributed by atoms with Gasteiger partial charge in [0.1, 0.15) is 0 Å². The van der Waals surface area contributed by atoms with Gasteiger partial charge >= 0.3 is 0 Å². The molecule has 2 nitrogen and oxygen atoms in total. The van der Waals surface area contributed by atoms with E-state index in [1.54, 1.807) is 25.2 Å². The van der Waals surface area contributed by atoms with Crippen molar-refractivity contribution in [3.05, 3.63) is 58.3 Å². The summed E-state index contributed by atoms with van der Waals surface area (Å²) >= 11 is 1.62. The third-order valence-electron chi connectivity index (χ3n) is 3.31. The lowest BCUT2D eigenvalue weighted by Gasteiger charge is -2.18. The predicted octanol–water partition coefficient (Wildman–Crippen LogP) is 3.73. The van der Waals surface area contributed by atoms with Gasteiger partial charge in [0.2, 0.25) is 0 Å². The van der Waals surface area contributed by atoms with Crippen LogP contribution in [0.1, 0.15) is 19.4 Å². The van der Waals surface area contributed by atoms with E-state index >= 15 is 0 Å². The lowest BCUT2D eigenvalue weighted by atomic mass is 9.96. The minimum atomic E-state index is -0.822. The predicted molar refractivity (Wildman–Crippen MR) is 85.6 cm³/mol. The molecule has 0 fully saturated rings. The van der Waals surface area contributed by atoms with E-state index in [-0.39, 0.29) is 5.43 Å². The molecule has 1 heterocycles. The maximum atomic E-state index is 12.7. The van der Waals surface area contributed by atoms with E-state index in [1.165, 1.54) is 0 Å². The highest BCUT2D eigenvalue weighted by molar-refractivity contribution is 7.24. The van der Waals surface area contributed by atoms with E-state index in [1.807, 2.05) is 42.5 Å². The monoisotopic (exact) mass is 284 g/mol. The molecule has 102 valence electrons. The van der Waals surface area contributed by atoms with E-state index in [9.17, 15) is 9.90 Å². The molecule has 0 aliphatic rings. The highest BCUT2D eigenvalue weighted by Crippen LogP contribution is 2.28. The van der Waals surface area contributed by atoms with Crippen LogP contribution < -0.4 is 5.43 Å². The summed E-state index contributed by atoms with van der Waals surface area (Å²) in [4.78, 5) is 12.7. The van der Waals surface area contributed by atoms with Crippen molar-refractivity contribution in [2.75, 3.05) is 0 Å². The number of fused-ring (bicyclic) bond motifs is 2. The molecule has 0 saturated carbocycles. The average Bonchev–Trinajstić information content (AvgIpc) is 2.37. The van der Waals surface area contributed by atoms with E-state index in [0.717, 1.165) is 25.7 Å². The number of hydrogen-bond acceptors (Lipinski definition) is 3. The van der Waals surface area contributed by atoms with Gasteiger partial charge in [0.25, 0.3) is 0 Å². The quantitative estimate of drug-likeness (QED) is 0.728. The highest BCUT2D eigenvalue weighted by atomic mass is 32.1. The Morgan fingerprint density at radius 1 is 1.05 bits per heavy atom. The van der Waals surface area contributed by atoms with Gasteiger partial charge in [-0.2, -0.15) is 0 Å². The summed E-state index contributed by atoms with van der Waals surface area (Å²) < 4.78 is 1.99. The van der Waals surface area contributed by atoms with Crippen molar-refractivity contribution in [2.24, 2.45) is 0 Å². The molecule has 20 heavy (non-hydrogen) atoms. The first-order valence-corrected chi connectivity index (χ1v) is 7.43. The Balaban J connectivity index is 2.39. The smallest absolute Gasteiger partial charge is 0.196 e. The Labute approximate surface area is 121 Å². The number of aliphatic hydroxyl groups is 1. The Hall–Kier alpha value is -1.71. The van der Waals surface area contributed by atoms with Crippen LogP contribution >= 0.6 is 11.3 Å². The summed E-state index contributed by atoms with van der Waals surface area (Å²) in [5.74, 6) is 0. The molecule has 0 spiro atoms. The van der Waals surface area contributed by atoms with Crippen molar-refractivity contribution < 1.29 is 5.11 Å². The first-order valence-electron chi connectivity index (χ1n) is 6.61. The molecule has 0 aliphatic heterocycles. The van der Waals surface area contributed by atoms with Gasteiger partial charge in [-0.15, -0.1) is 11.3 Å². The molecule has 0 radical (unpaired) electrons.